The average molecular weight is 580 g/mol. The Balaban J connectivity index is 2.10. The zero-order valence-electron chi connectivity index (χ0n) is 23.0. The van der Waals surface area contributed by atoms with E-state index in [1.807, 2.05) is 0 Å². The van der Waals surface area contributed by atoms with Gasteiger partial charge in [-0.15, -0.1) is 0 Å². The van der Waals surface area contributed by atoms with E-state index in [-0.39, 0.29) is 17.1 Å². The van der Waals surface area contributed by atoms with E-state index in [0.717, 1.165) is 29.4 Å². The van der Waals surface area contributed by atoms with Gasteiger partial charge in [0.25, 0.3) is 11.8 Å². The van der Waals surface area contributed by atoms with Gasteiger partial charge in [0.2, 0.25) is 5.91 Å². The molecule has 3 rings (SSSR count). The summed E-state index contributed by atoms with van der Waals surface area (Å²) in [7, 11) is -2.01. The Morgan fingerprint density at radius 2 is 1.65 bits per heavy atom. The number of hydrogen-bond donors (Lipinski definition) is 2. The van der Waals surface area contributed by atoms with E-state index in [2.05, 4.69) is 10.6 Å². The Kier molecular flexibility index (Phi) is 8.27. The van der Waals surface area contributed by atoms with Crippen LogP contribution in [0.2, 0.25) is 0 Å². The van der Waals surface area contributed by atoms with Gasteiger partial charge in [0.1, 0.15) is 5.57 Å². The molecule has 0 bridgehead atoms. The second-order valence-corrected chi connectivity index (χ2v) is 12.8. The molecule has 0 spiro atoms. The lowest BCUT2D eigenvalue weighted by Gasteiger charge is -2.51. The molecule has 40 heavy (non-hydrogen) atoms. The Labute approximate surface area is 231 Å². The highest BCUT2D eigenvalue weighted by Gasteiger charge is 2.57. The summed E-state index contributed by atoms with van der Waals surface area (Å²) in [5.74, 6) is -2.21. The van der Waals surface area contributed by atoms with Gasteiger partial charge >= 0.3 is 6.18 Å². The summed E-state index contributed by atoms with van der Waals surface area (Å²) in [5, 5.41) is 5.20. The summed E-state index contributed by atoms with van der Waals surface area (Å²) in [6.07, 6.45) is -2.30. The van der Waals surface area contributed by atoms with Crippen molar-refractivity contribution in [2.45, 2.75) is 51.4 Å². The molecule has 2 unspecified atom stereocenters. The van der Waals surface area contributed by atoms with E-state index in [4.69, 9.17) is 0 Å². The molecule has 2 aromatic rings. The molecule has 2 N–H and O–H groups in total. The number of benzene rings is 2. The van der Waals surface area contributed by atoms with Crippen LogP contribution in [0.1, 0.15) is 38.8 Å². The quantitative estimate of drug-likeness (QED) is 0.505. The molecule has 1 heterocycles. The first-order chi connectivity index (χ1) is 18.3. The van der Waals surface area contributed by atoms with Crippen molar-refractivity contribution in [1.82, 2.24) is 10.6 Å². The number of nitrogens with one attached hydrogen (secondary N) is 2. The fourth-order valence-corrected chi connectivity index (χ4v) is 5.66. The first-order valence-corrected chi connectivity index (χ1v) is 14.3. The van der Waals surface area contributed by atoms with Crippen molar-refractivity contribution in [3.63, 3.8) is 0 Å². The van der Waals surface area contributed by atoms with E-state index in [9.17, 15) is 36.0 Å². The maximum absolute atomic E-state index is 13.7. The van der Waals surface area contributed by atoms with Gasteiger partial charge in [-0.2, -0.15) is 13.2 Å². The van der Waals surface area contributed by atoms with Crippen molar-refractivity contribution >= 4 is 33.2 Å². The van der Waals surface area contributed by atoms with E-state index >= 15 is 0 Å². The summed E-state index contributed by atoms with van der Waals surface area (Å²) in [6, 6.07) is 8.99. The van der Waals surface area contributed by atoms with Crippen LogP contribution in [0.4, 0.5) is 18.9 Å². The Hall–Kier alpha value is -3.67. The minimum absolute atomic E-state index is 0.0743. The Bertz CT molecular complexity index is 1460. The molecule has 12 heteroatoms. The molecule has 0 saturated heterocycles. The predicted molar refractivity (Wildman–Crippen MR) is 144 cm³/mol. The van der Waals surface area contributed by atoms with Gasteiger partial charge < -0.3 is 15.5 Å². The van der Waals surface area contributed by atoms with Crippen LogP contribution in [-0.4, -0.2) is 45.5 Å². The van der Waals surface area contributed by atoms with Crippen LogP contribution >= 0.6 is 0 Å². The molecule has 1 aliphatic heterocycles. The highest BCUT2D eigenvalue weighted by atomic mass is 32.2. The monoisotopic (exact) mass is 579 g/mol. The van der Waals surface area contributed by atoms with Gasteiger partial charge in [-0.25, -0.2) is 8.42 Å². The first-order valence-electron chi connectivity index (χ1n) is 12.4. The molecule has 0 fully saturated rings. The Morgan fingerprint density at radius 1 is 1.05 bits per heavy atom. The van der Waals surface area contributed by atoms with E-state index < -0.39 is 61.7 Å². The van der Waals surface area contributed by atoms with Crippen molar-refractivity contribution in [1.29, 1.82) is 0 Å². The lowest BCUT2D eigenvalue weighted by atomic mass is 9.59. The van der Waals surface area contributed by atoms with Gasteiger partial charge in [0, 0.05) is 25.5 Å². The van der Waals surface area contributed by atoms with Gasteiger partial charge in [0.05, 0.1) is 21.9 Å². The molecule has 0 aromatic heterocycles. The third kappa shape index (κ3) is 5.77. The molecule has 0 radical (unpaired) electrons. The van der Waals surface area contributed by atoms with Gasteiger partial charge in [0.15, 0.2) is 9.84 Å². The number of sulfone groups is 1. The van der Waals surface area contributed by atoms with Crippen molar-refractivity contribution in [2.75, 3.05) is 18.2 Å². The topological polar surface area (TPSA) is 113 Å². The highest BCUT2D eigenvalue weighted by Crippen LogP contribution is 2.49. The summed E-state index contributed by atoms with van der Waals surface area (Å²) in [6.45, 7) is 6.72. The maximum atomic E-state index is 13.7. The number of amides is 3. The van der Waals surface area contributed by atoms with E-state index in [0.29, 0.717) is 5.56 Å². The van der Waals surface area contributed by atoms with Crippen LogP contribution in [-0.2, 0) is 36.9 Å². The Morgan fingerprint density at radius 3 is 2.15 bits per heavy atom. The zero-order chi connectivity index (χ0) is 30.3. The smallest absolute Gasteiger partial charge is 0.358 e. The van der Waals surface area contributed by atoms with Crippen LogP contribution < -0.4 is 15.5 Å². The van der Waals surface area contributed by atoms with Crippen molar-refractivity contribution in [3.8, 4) is 0 Å². The predicted octanol–water partition coefficient (Wildman–Crippen LogP) is 3.87. The van der Waals surface area contributed by atoms with Gasteiger partial charge in [-0.3, -0.25) is 14.4 Å². The molecule has 3 amide bonds. The van der Waals surface area contributed by atoms with E-state index in [1.54, 1.807) is 27.7 Å². The molecular weight excluding hydrogens is 547 g/mol. The van der Waals surface area contributed by atoms with Gasteiger partial charge in [-0.05, 0) is 54.3 Å². The largest absolute Gasteiger partial charge is 0.416 e. The number of carbonyl (C=O) groups is 3. The van der Waals surface area contributed by atoms with Crippen molar-refractivity contribution < 1.29 is 36.0 Å². The number of nitrogens with zero attached hydrogens (tertiary/aromatic N) is 1. The third-order valence-electron chi connectivity index (χ3n) is 7.21. The van der Waals surface area contributed by atoms with Crippen molar-refractivity contribution in [3.05, 3.63) is 71.3 Å². The van der Waals surface area contributed by atoms with Crippen LogP contribution in [0.25, 0.3) is 0 Å². The molecule has 1 aliphatic rings. The van der Waals surface area contributed by atoms with Crippen LogP contribution in [0.5, 0.6) is 0 Å². The minimum Gasteiger partial charge on any atom is -0.358 e. The summed E-state index contributed by atoms with van der Waals surface area (Å²) in [4.78, 5) is 41.8. The summed E-state index contributed by atoms with van der Waals surface area (Å²) >= 11 is 0. The summed E-state index contributed by atoms with van der Waals surface area (Å²) < 4.78 is 64.0. The normalized spacial score (nSPS) is 20.1. The highest BCUT2D eigenvalue weighted by molar-refractivity contribution is 7.90. The number of alkyl halides is 3. The second-order valence-electron chi connectivity index (χ2n) is 10.8. The SMILES string of the molecule is CNC(=O)C1(C(C)(C)C)C=C(C(=O)NCc2ccc(S(C)(=O)=O)cc2)C(=O)N(c2cccc(C(F)(F)F)c2)C1C. The number of halogens is 3. The molecule has 8 nitrogen and oxygen atoms in total. The van der Waals surface area contributed by atoms with Crippen LogP contribution in [0.3, 0.4) is 0 Å². The fraction of sp³-hybridized carbons (Fsp3) is 0.393. The van der Waals surface area contributed by atoms with E-state index in [1.165, 1.54) is 43.5 Å². The summed E-state index contributed by atoms with van der Waals surface area (Å²) in [5.41, 5.74) is -3.35. The van der Waals surface area contributed by atoms with Crippen molar-refractivity contribution in [2.24, 2.45) is 10.8 Å². The van der Waals surface area contributed by atoms with Gasteiger partial charge in [-0.1, -0.05) is 39.0 Å². The number of carbonyl (C=O) groups excluding carboxylic acids is 3. The number of rotatable bonds is 6. The molecule has 2 aromatic carbocycles. The maximum Gasteiger partial charge on any atom is 0.416 e. The lowest BCUT2D eigenvalue weighted by molar-refractivity contribution is -0.138. The minimum atomic E-state index is -4.68. The molecule has 0 aliphatic carbocycles. The lowest BCUT2D eigenvalue weighted by Crippen LogP contribution is -2.64. The fourth-order valence-electron chi connectivity index (χ4n) is 5.03. The first kappa shape index (κ1) is 30.9. The van der Waals surface area contributed by atoms with Crippen LogP contribution in [0.15, 0.2) is 65.1 Å². The second kappa shape index (κ2) is 10.7. The molecule has 0 saturated carbocycles. The number of anilines is 1. The average Bonchev–Trinajstić information content (AvgIpc) is 2.86. The molecule has 2 atom stereocenters. The third-order valence-corrected chi connectivity index (χ3v) is 8.34. The molecular formula is C28H32F3N3O5S. The standard InChI is InChI=1S/C28H32F3N3O5S/c1-17-27(25(37)32-5,26(2,3)4)15-22(23(35)33-16-18-10-12-21(13-11-18)40(6,38)39)24(36)34(17)20-9-7-8-19(14-20)28(29,30)31/h7-15,17H,16H2,1-6H3,(H,32,37)(H,33,35). The number of hydrogen-bond acceptors (Lipinski definition) is 5. The zero-order valence-corrected chi connectivity index (χ0v) is 23.8. The molecule has 216 valence electrons. The van der Waals surface area contributed by atoms with Crippen LogP contribution in [0, 0.1) is 10.8 Å².